The number of hydrogen-bond acceptors (Lipinski definition) is 5. The normalized spacial score (nSPS) is 12.8. The topological polar surface area (TPSA) is 91.0 Å². The summed E-state index contributed by atoms with van der Waals surface area (Å²) in [4.78, 5) is 24.1. The first-order valence-corrected chi connectivity index (χ1v) is 8.14. The van der Waals surface area contributed by atoms with Crippen LogP contribution >= 0.6 is 11.6 Å². The van der Waals surface area contributed by atoms with Gasteiger partial charge in [-0.1, -0.05) is 11.6 Å². The number of halogens is 4. The number of methoxy groups -OCH3 is 1. The van der Waals surface area contributed by atoms with Crippen molar-refractivity contribution in [2.24, 2.45) is 0 Å². The van der Waals surface area contributed by atoms with Crippen LogP contribution in [0.2, 0.25) is 5.02 Å². The van der Waals surface area contributed by atoms with Crippen LogP contribution in [0, 0.1) is 0 Å². The van der Waals surface area contributed by atoms with Crippen molar-refractivity contribution in [3.8, 4) is 0 Å². The van der Waals surface area contributed by atoms with E-state index in [0.29, 0.717) is 35.8 Å². The summed E-state index contributed by atoms with van der Waals surface area (Å²) in [5.41, 5.74) is -2.01. The van der Waals surface area contributed by atoms with Gasteiger partial charge in [0.15, 0.2) is 5.82 Å². The van der Waals surface area contributed by atoms with Crippen molar-refractivity contribution in [1.29, 1.82) is 0 Å². The van der Waals surface area contributed by atoms with Gasteiger partial charge < -0.3 is 19.2 Å². The molecular weight excluding hydrogens is 391 g/mol. The highest BCUT2D eigenvalue weighted by molar-refractivity contribution is 6.30. The second-order valence-electron chi connectivity index (χ2n) is 5.67. The second-order valence-corrected chi connectivity index (χ2v) is 6.08. The minimum Gasteiger partial charge on any atom is -0.383 e. The van der Waals surface area contributed by atoms with E-state index in [2.05, 4.69) is 15.5 Å². The minimum absolute atomic E-state index is 0.407. The Morgan fingerprint density at radius 2 is 2.11 bits per heavy atom. The minimum atomic E-state index is -4.69. The van der Waals surface area contributed by atoms with Crippen LogP contribution < -0.4 is 10.9 Å². The molecule has 2 aromatic rings. The third kappa shape index (κ3) is 5.30. The molecule has 0 saturated heterocycles. The number of rotatable bonds is 7. The molecule has 12 heteroatoms. The van der Waals surface area contributed by atoms with E-state index >= 15 is 0 Å². The van der Waals surface area contributed by atoms with E-state index in [1.807, 2.05) is 0 Å². The molecule has 27 heavy (non-hydrogen) atoms. The molecule has 2 rings (SSSR count). The lowest BCUT2D eigenvalue weighted by atomic mass is 10.2. The number of pyridine rings is 1. The van der Waals surface area contributed by atoms with Gasteiger partial charge in [-0.3, -0.25) is 9.59 Å². The zero-order chi connectivity index (χ0) is 20.2. The van der Waals surface area contributed by atoms with Crippen LogP contribution in [0.4, 0.5) is 13.2 Å². The molecule has 0 spiro atoms. The van der Waals surface area contributed by atoms with Gasteiger partial charge in [-0.25, -0.2) is 0 Å². The summed E-state index contributed by atoms with van der Waals surface area (Å²) in [6.07, 6.45) is -2.67. The van der Waals surface area contributed by atoms with Gasteiger partial charge in [-0.2, -0.15) is 13.2 Å². The largest absolute Gasteiger partial charge is 0.417 e. The van der Waals surface area contributed by atoms with E-state index in [0.717, 1.165) is 0 Å². The molecule has 0 radical (unpaired) electrons. The van der Waals surface area contributed by atoms with Gasteiger partial charge in [0.25, 0.3) is 5.56 Å². The number of ether oxygens (including phenoxy) is 1. The Morgan fingerprint density at radius 3 is 2.74 bits per heavy atom. The lowest BCUT2D eigenvalue weighted by Gasteiger charge is -2.16. The van der Waals surface area contributed by atoms with Crippen LogP contribution in [0.5, 0.6) is 0 Å². The molecule has 0 bridgehead atoms. The van der Waals surface area contributed by atoms with Crippen LogP contribution in [0.15, 0.2) is 23.4 Å². The van der Waals surface area contributed by atoms with Crippen LogP contribution in [-0.2, 0) is 28.8 Å². The second kappa shape index (κ2) is 8.53. The number of hydrogen-bond donors (Lipinski definition) is 1. The predicted octanol–water partition coefficient (Wildman–Crippen LogP) is 1.64. The zero-order valence-electron chi connectivity index (χ0n) is 14.5. The van der Waals surface area contributed by atoms with Crippen LogP contribution in [0.25, 0.3) is 0 Å². The average Bonchev–Trinajstić information content (AvgIpc) is 3.04. The molecular formula is C15H17ClF3N5O3. The molecule has 148 valence electrons. The number of nitrogens with one attached hydrogen (secondary N) is 1. The molecule has 1 unspecified atom stereocenters. The van der Waals surface area contributed by atoms with Crippen molar-refractivity contribution < 1.29 is 22.7 Å². The third-order valence-corrected chi connectivity index (χ3v) is 3.90. The van der Waals surface area contributed by atoms with Gasteiger partial charge in [0.2, 0.25) is 5.91 Å². The number of amides is 1. The summed E-state index contributed by atoms with van der Waals surface area (Å²) in [7, 11) is 1.53. The maximum atomic E-state index is 12.9. The Labute approximate surface area is 156 Å². The highest BCUT2D eigenvalue weighted by Gasteiger charge is 2.32. The van der Waals surface area contributed by atoms with Gasteiger partial charge in [0.05, 0.1) is 18.2 Å². The Hall–Kier alpha value is -2.40. The molecule has 8 nitrogen and oxygen atoms in total. The van der Waals surface area contributed by atoms with Crippen molar-refractivity contribution in [3.05, 3.63) is 45.4 Å². The Kier molecular flexibility index (Phi) is 6.60. The van der Waals surface area contributed by atoms with E-state index in [9.17, 15) is 22.8 Å². The summed E-state index contributed by atoms with van der Waals surface area (Å²) in [5, 5.41) is 9.62. The maximum Gasteiger partial charge on any atom is 0.417 e. The number of nitrogens with zero attached hydrogens (tertiary/aromatic N) is 4. The summed E-state index contributed by atoms with van der Waals surface area (Å²) in [5.74, 6) is -0.240. The van der Waals surface area contributed by atoms with Gasteiger partial charge in [0, 0.05) is 19.9 Å². The van der Waals surface area contributed by atoms with Gasteiger partial charge >= 0.3 is 6.18 Å². The molecule has 0 fully saturated rings. The first kappa shape index (κ1) is 20.9. The van der Waals surface area contributed by atoms with E-state index < -0.39 is 40.8 Å². The van der Waals surface area contributed by atoms with E-state index in [-0.39, 0.29) is 0 Å². The SMILES string of the molecule is COCCn1cnnc1C(C)NC(=O)Cn1cc(C(F)(F)F)cc(Cl)c1=O. The number of carbonyl (C=O) groups excluding carboxylic acids is 1. The number of aromatic nitrogens is 4. The summed E-state index contributed by atoms with van der Waals surface area (Å²) in [6.45, 7) is 1.87. The average molecular weight is 408 g/mol. The zero-order valence-corrected chi connectivity index (χ0v) is 15.2. The summed E-state index contributed by atoms with van der Waals surface area (Å²) >= 11 is 5.57. The predicted molar refractivity (Wildman–Crippen MR) is 89.2 cm³/mol. The van der Waals surface area contributed by atoms with Crippen molar-refractivity contribution >= 4 is 17.5 Å². The molecule has 0 aromatic carbocycles. The Bertz CT molecular complexity index is 865. The van der Waals surface area contributed by atoms with Gasteiger partial charge in [-0.15, -0.1) is 10.2 Å². The summed E-state index contributed by atoms with van der Waals surface area (Å²) in [6, 6.07) is -0.0621. The fraction of sp³-hybridized carbons (Fsp3) is 0.467. The molecule has 0 aliphatic rings. The molecule has 1 N–H and O–H groups in total. The standard InChI is InChI=1S/C15H17ClF3N5O3/c1-9(13-22-20-8-23(13)3-4-27-2)21-12(25)7-24-6-10(15(17,18)19)5-11(16)14(24)26/h5-6,8-9H,3-4,7H2,1-2H3,(H,21,25). The van der Waals surface area contributed by atoms with Crippen molar-refractivity contribution in [2.45, 2.75) is 32.2 Å². The van der Waals surface area contributed by atoms with E-state index in [1.165, 1.54) is 13.4 Å². The number of carbonyl (C=O) groups is 1. The third-order valence-electron chi connectivity index (χ3n) is 3.63. The van der Waals surface area contributed by atoms with Crippen molar-refractivity contribution in [1.82, 2.24) is 24.6 Å². The van der Waals surface area contributed by atoms with Crippen LogP contribution in [-0.4, -0.2) is 39.0 Å². The lowest BCUT2D eigenvalue weighted by Crippen LogP contribution is -2.35. The fourth-order valence-electron chi connectivity index (χ4n) is 2.34. The highest BCUT2D eigenvalue weighted by Crippen LogP contribution is 2.29. The first-order chi connectivity index (χ1) is 12.6. The smallest absolute Gasteiger partial charge is 0.383 e. The van der Waals surface area contributed by atoms with Crippen molar-refractivity contribution in [2.75, 3.05) is 13.7 Å². The van der Waals surface area contributed by atoms with E-state index in [4.69, 9.17) is 16.3 Å². The molecule has 2 heterocycles. The first-order valence-electron chi connectivity index (χ1n) is 7.76. The van der Waals surface area contributed by atoms with Crippen molar-refractivity contribution in [3.63, 3.8) is 0 Å². The Morgan fingerprint density at radius 1 is 1.41 bits per heavy atom. The van der Waals surface area contributed by atoms with Gasteiger partial charge in [-0.05, 0) is 13.0 Å². The number of alkyl halides is 3. The molecule has 0 aliphatic carbocycles. The van der Waals surface area contributed by atoms with Crippen LogP contribution in [0.3, 0.4) is 0 Å². The monoisotopic (exact) mass is 407 g/mol. The Balaban J connectivity index is 2.13. The molecule has 0 aliphatic heterocycles. The molecule has 0 saturated carbocycles. The maximum absolute atomic E-state index is 12.9. The lowest BCUT2D eigenvalue weighted by molar-refractivity contribution is -0.138. The summed E-state index contributed by atoms with van der Waals surface area (Å²) < 4.78 is 45.8. The quantitative estimate of drug-likeness (QED) is 0.753. The molecule has 1 atom stereocenters. The fourth-order valence-corrected chi connectivity index (χ4v) is 2.57. The van der Waals surface area contributed by atoms with Gasteiger partial charge in [0.1, 0.15) is 17.9 Å². The molecule has 1 amide bonds. The van der Waals surface area contributed by atoms with Crippen LogP contribution in [0.1, 0.15) is 24.4 Å². The highest BCUT2D eigenvalue weighted by atomic mass is 35.5. The molecule has 2 aromatic heterocycles. The van der Waals surface area contributed by atoms with E-state index in [1.54, 1.807) is 11.5 Å².